The number of nitrogens with zero attached hydrogens (tertiary/aromatic N) is 4. The maximum absolute atomic E-state index is 5.51. The van der Waals surface area contributed by atoms with Crippen LogP contribution in [0.15, 0.2) is 206 Å². The minimum absolute atomic E-state index is 0.186. The van der Waals surface area contributed by atoms with Gasteiger partial charge in [0.05, 0.1) is 39.0 Å². The Bertz CT molecular complexity index is 4160. The zero-order valence-corrected chi connectivity index (χ0v) is 35.9. The van der Waals surface area contributed by atoms with Gasteiger partial charge in [0.15, 0.2) is 5.82 Å². The molecule has 3 heterocycles. The minimum atomic E-state index is -0.186. The average molecular weight is 829 g/mol. The third-order valence-electron chi connectivity index (χ3n) is 14.3. The molecule has 3 aromatic heterocycles. The predicted octanol–water partition coefficient (Wildman–Crippen LogP) is 15.8. The Balaban J connectivity index is 0.962. The molecule has 0 aliphatic heterocycles. The van der Waals surface area contributed by atoms with E-state index in [1.54, 1.807) is 0 Å². The number of hydrogen-bond acceptors (Lipinski definition) is 2. The van der Waals surface area contributed by atoms with Crippen LogP contribution in [0.25, 0.3) is 121 Å². The summed E-state index contributed by atoms with van der Waals surface area (Å²) < 4.78 is 4.88. The van der Waals surface area contributed by atoms with Crippen molar-refractivity contribution in [2.75, 3.05) is 0 Å². The second-order valence-corrected chi connectivity index (χ2v) is 18.1. The van der Waals surface area contributed by atoms with Gasteiger partial charge in [-0.05, 0) is 93.0 Å². The van der Waals surface area contributed by atoms with Gasteiger partial charge in [-0.25, -0.2) is 9.97 Å². The molecule has 13 aromatic rings. The van der Waals surface area contributed by atoms with Crippen LogP contribution in [0.2, 0.25) is 0 Å². The monoisotopic (exact) mass is 828 g/mol. The summed E-state index contributed by atoms with van der Waals surface area (Å²) in [6.07, 6.45) is 0. The number of aromatic nitrogens is 4. The molecule has 0 unspecified atom stereocenters. The Labute approximate surface area is 375 Å². The van der Waals surface area contributed by atoms with E-state index >= 15 is 0 Å². The van der Waals surface area contributed by atoms with Crippen molar-refractivity contribution in [3.63, 3.8) is 0 Å². The number of hydrogen-bond donors (Lipinski definition) is 0. The molecule has 1 aliphatic rings. The van der Waals surface area contributed by atoms with Crippen molar-refractivity contribution in [2.45, 2.75) is 19.3 Å². The lowest BCUT2D eigenvalue weighted by Crippen LogP contribution is -2.16. The lowest BCUT2D eigenvalue weighted by molar-refractivity contribution is 0.662. The van der Waals surface area contributed by atoms with E-state index in [1.165, 1.54) is 82.1 Å². The molecular weight excluding hydrogens is 789 g/mol. The second kappa shape index (κ2) is 13.3. The summed E-state index contributed by atoms with van der Waals surface area (Å²) in [7, 11) is 0. The second-order valence-electron chi connectivity index (χ2n) is 18.1. The van der Waals surface area contributed by atoms with Gasteiger partial charge < -0.3 is 9.13 Å². The first-order valence-corrected chi connectivity index (χ1v) is 22.5. The summed E-state index contributed by atoms with van der Waals surface area (Å²) in [6, 6.07) is 75.2. The van der Waals surface area contributed by atoms with Gasteiger partial charge >= 0.3 is 0 Å². The number of fused-ring (bicyclic) bond motifs is 13. The molecule has 65 heavy (non-hydrogen) atoms. The molecule has 10 aromatic carbocycles. The van der Waals surface area contributed by atoms with Gasteiger partial charge in [0.1, 0.15) is 0 Å². The van der Waals surface area contributed by atoms with Crippen molar-refractivity contribution in [2.24, 2.45) is 0 Å². The van der Waals surface area contributed by atoms with Gasteiger partial charge in [-0.1, -0.05) is 166 Å². The summed E-state index contributed by atoms with van der Waals surface area (Å²) in [5.41, 5.74) is 16.0. The quantitative estimate of drug-likeness (QED) is 0.177. The number of benzene rings is 10. The standard InChI is InChI=1S/C61H40N4/c1-61(2)50-27-9-5-21-42(50)44-25-15-26-47(58(44)61)59-45-23-6-10-28-51(45)62-60(63-59)39-18-13-19-40(34-39)64-52-29-11-7-22-43(52)49-36-48-38(35-56(49)64)17-14-31-54(48)65-53-30-12-8-24-46(53)57-41-20-4-3-16-37(41)32-33-55(57)65/h3-36H,1-2H3. The first-order chi connectivity index (χ1) is 32.0. The van der Waals surface area contributed by atoms with E-state index in [0.717, 1.165) is 44.4 Å². The van der Waals surface area contributed by atoms with E-state index < -0.39 is 0 Å². The zero-order valence-electron chi connectivity index (χ0n) is 35.9. The summed E-state index contributed by atoms with van der Waals surface area (Å²) in [5.74, 6) is 0.710. The Morgan fingerprint density at radius 1 is 0.400 bits per heavy atom. The molecule has 0 atom stereocenters. The Hall–Kier alpha value is -8.34. The summed E-state index contributed by atoms with van der Waals surface area (Å²) in [6.45, 7) is 4.69. The highest BCUT2D eigenvalue weighted by atomic mass is 15.0. The lowest BCUT2D eigenvalue weighted by Gasteiger charge is -2.24. The molecule has 0 fully saturated rings. The molecule has 4 nitrogen and oxygen atoms in total. The smallest absolute Gasteiger partial charge is 0.160 e. The number of rotatable bonds is 4. The molecule has 1 aliphatic carbocycles. The van der Waals surface area contributed by atoms with E-state index in [9.17, 15) is 0 Å². The minimum Gasteiger partial charge on any atom is -0.309 e. The number of para-hydroxylation sites is 3. The fourth-order valence-electron chi connectivity index (χ4n) is 11.4. The van der Waals surface area contributed by atoms with Crippen LogP contribution in [0.5, 0.6) is 0 Å². The van der Waals surface area contributed by atoms with Gasteiger partial charge in [-0.2, -0.15) is 0 Å². The molecule has 0 saturated heterocycles. The van der Waals surface area contributed by atoms with Gasteiger partial charge in [0.2, 0.25) is 0 Å². The average Bonchev–Trinajstić information content (AvgIpc) is 3.95. The molecule has 0 radical (unpaired) electrons. The molecule has 0 N–H and O–H groups in total. The maximum Gasteiger partial charge on any atom is 0.160 e. The topological polar surface area (TPSA) is 35.6 Å². The van der Waals surface area contributed by atoms with Crippen molar-refractivity contribution in [1.29, 1.82) is 0 Å². The Morgan fingerprint density at radius 3 is 1.97 bits per heavy atom. The zero-order chi connectivity index (χ0) is 43.0. The fourth-order valence-corrected chi connectivity index (χ4v) is 11.4. The molecule has 4 heteroatoms. The van der Waals surface area contributed by atoms with Gasteiger partial charge in [-0.15, -0.1) is 0 Å². The van der Waals surface area contributed by atoms with Crippen molar-refractivity contribution < 1.29 is 0 Å². The summed E-state index contributed by atoms with van der Waals surface area (Å²) >= 11 is 0. The van der Waals surface area contributed by atoms with Crippen LogP contribution in [0.1, 0.15) is 25.0 Å². The van der Waals surface area contributed by atoms with Crippen LogP contribution in [0, 0.1) is 0 Å². The van der Waals surface area contributed by atoms with E-state index in [2.05, 4.69) is 229 Å². The van der Waals surface area contributed by atoms with E-state index in [0.29, 0.717) is 5.82 Å². The summed E-state index contributed by atoms with van der Waals surface area (Å²) in [4.78, 5) is 10.8. The van der Waals surface area contributed by atoms with E-state index in [4.69, 9.17) is 9.97 Å². The van der Waals surface area contributed by atoms with Crippen LogP contribution >= 0.6 is 0 Å². The van der Waals surface area contributed by atoms with E-state index in [-0.39, 0.29) is 5.41 Å². The SMILES string of the molecule is CC1(C)c2ccccc2-c2cccc(-c3nc(-c4cccc(-n5c6ccccc6c6cc7c(-n8c9ccccc9c9c%10ccccc%10ccc98)cccc7cc65)c4)nc4ccccc34)c21. The maximum atomic E-state index is 5.51. The Kier molecular flexibility index (Phi) is 7.42. The summed E-state index contributed by atoms with van der Waals surface area (Å²) in [5, 5.41) is 10.9. The van der Waals surface area contributed by atoms with Crippen LogP contribution in [0.4, 0.5) is 0 Å². The fraction of sp³-hybridized carbons (Fsp3) is 0.0492. The first kappa shape index (κ1) is 36.2. The lowest BCUT2D eigenvalue weighted by atomic mass is 9.79. The van der Waals surface area contributed by atoms with Gasteiger partial charge in [0, 0.05) is 54.5 Å². The van der Waals surface area contributed by atoms with Crippen molar-refractivity contribution in [3.05, 3.63) is 217 Å². The van der Waals surface area contributed by atoms with Crippen molar-refractivity contribution >= 4 is 76.1 Å². The highest BCUT2D eigenvalue weighted by Gasteiger charge is 2.38. The Morgan fingerprint density at radius 2 is 1.08 bits per heavy atom. The van der Waals surface area contributed by atoms with Crippen LogP contribution in [-0.2, 0) is 5.41 Å². The molecule has 0 bridgehead atoms. The third kappa shape index (κ3) is 5.08. The van der Waals surface area contributed by atoms with Crippen LogP contribution in [0.3, 0.4) is 0 Å². The third-order valence-corrected chi connectivity index (χ3v) is 14.3. The molecule has 14 rings (SSSR count). The molecule has 0 spiro atoms. The van der Waals surface area contributed by atoms with Crippen LogP contribution < -0.4 is 0 Å². The molecular formula is C61H40N4. The first-order valence-electron chi connectivity index (χ1n) is 22.5. The normalized spacial score (nSPS) is 13.2. The van der Waals surface area contributed by atoms with E-state index in [1.807, 2.05) is 0 Å². The van der Waals surface area contributed by atoms with Crippen LogP contribution in [-0.4, -0.2) is 19.1 Å². The van der Waals surface area contributed by atoms with Gasteiger partial charge in [0.25, 0.3) is 0 Å². The van der Waals surface area contributed by atoms with Crippen molar-refractivity contribution in [3.8, 4) is 45.1 Å². The highest BCUT2D eigenvalue weighted by Crippen LogP contribution is 2.52. The highest BCUT2D eigenvalue weighted by molar-refractivity contribution is 6.22. The molecule has 304 valence electrons. The predicted molar refractivity (Wildman–Crippen MR) is 272 cm³/mol. The molecule has 0 saturated carbocycles. The van der Waals surface area contributed by atoms with Crippen molar-refractivity contribution in [1.82, 2.24) is 19.1 Å². The largest absolute Gasteiger partial charge is 0.309 e. The molecule has 0 amide bonds. The van der Waals surface area contributed by atoms with Gasteiger partial charge in [-0.3, -0.25) is 0 Å².